The smallest absolute Gasteiger partial charge is 0.272 e. The number of halogens is 1. The highest BCUT2D eigenvalue weighted by Gasteiger charge is 2.15. The number of amides is 2. The van der Waals surface area contributed by atoms with Gasteiger partial charge in [-0.1, -0.05) is 12.1 Å². The molecule has 2 aromatic carbocycles. The molecule has 0 atom stereocenters. The molecule has 2 N–H and O–H groups in total. The summed E-state index contributed by atoms with van der Waals surface area (Å²) in [5, 5.41) is 3.11. The average Bonchev–Trinajstić information content (AvgIpc) is 3.09. The summed E-state index contributed by atoms with van der Waals surface area (Å²) in [6.45, 7) is 5.07. The van der Waals surface area contributed by atoms with E-state index in [0.717, 1.165) is 0 Å². The van der Waals surface area contributed by atoms with Crippen LogP contribution in [0.2, 0.25) is 0 Å². The lowest BCUT2D eigenvalue weighted by Gasteiger charge is -2.19. The number of fused-ring (bicyclic) bond motifs is 1. The number of nitrogens with one attached hydrogen (secondary N) is 2. The zero-order valence-electron chi connectivity index (χ0n) is 14.7. The molecule has 3 rings (SSSR count). The molecule has 0 bridgehead atoms. The van der Waals surface area contributed by atoms with Crippen molar-refractivity contribution >= 4 is 28.4 Å². The van der Waals surface area contributed by atoms with Crippen LogP contribution >= 0.6 is 0 Å². The molecule has 6 heteroatoms. The van der Waals surface area contributed by atoms with Crippen LogP contribution in [0.25, 0.3) is 10.9 Å². The monoisotopic (exact) mass is 353 g/mol. The summed E-state index contributed by atoms with van der Waals surface area (Å²) in [6.07, 6.45) is 0. The second-order valence-electron chi connectivity index (χ2n) is 5.90. The number of carbonyl (C=O) groups is 2. The van der Waals surface area contributed by atoms with Crippen LogP contribution in [0.3, 0.4) is 0 Å². The first-order valence-corrected chi connectivity index (χ1v) is 8.51. The average molecular weight is 353 g/mol. The molecule has 0 saturated heterocycles. The number of carbonyl (C=O) groups excluding carboxylic acids is 2. The molecule has 2 amide bonds. The first-order chi connectivity index (χ1) is 12.5. The lowest BCUT2D eigenvalue weighted by molar-refractivity contribution is 0.0772. The normalized spacial score (nSPS) is 10.7. The van der Waals surface area contributed by atoms with Crippen molar-refractivity contribution in [3.63, 3.8) is 0 Å². The molecule has 0 aliphatic rings. The van der Waals surface area contributed by atoms with Crippen LogP contribution in [-0.2, 0) is 0 Å². The Morgan fingerprint density at radius 3 is 2.50 bits per heavy atom. The Hall–Kier alpha value is -3.15. The van der Waals surface area contributed by atoms with Gasteiger partial charge in [0, 0.05) is 35.2 Å². The first-order valence-electron chi connectivity index (χ1n) is 8.51. The van der Waals surface area contributed by atoms with Crippen molar-refractivity contribution in [2.75, 3.05) is 18.4 Å². The number of aromatic amines is 1. The molecular formula is C20H20FN3O2. The molecule has 1 heterocycles. The van der Waals surface area contributed by atoms with Gasteiger partial charge >= 0.3 is 0 Å². The van der Waals surface area contributed by atoms with Gasteiger partial charge in [-0.2, -0.15) is 0 Å². The van der Waals surface area contributed by atoms with Gasteiger partial charge in [-0.25, -0.2) is 4.39 Å². The maximum Gasteiger partial charge on any atom is 0.272 e. The number of H-pyrrole nitrogens is 1. The summed E-state index contributed by atoms with van der Waals surface area (Å²) in [7, 11) is 0. The number of rotatable bonds is 5. The van der Waals surface area contributed by atoms with Gasteiger partial charge in [-0.15, -0.1) is 0 Å². The predicted octanol–water partition coefficient (Wildman–Crippen LogP) is 4.04. The molecule has 1 aromatic heterocycles. The summed E-state index contributed by atoms with van der Waals surface area (Å²) >= 11 is 0. The third-order valence-corrected chi connectivity index (χ3v) is 4.27. The number of hydrogen-bond donors (Lipinski definition) is 2. The van der Waals surface area contributed by atoms with E-state index in [0.29, 0.717) is 35.2 Å². The molecule has 3 aromatic rings. The van der Waals surface area contributed by atoms with E-state index in [1.54, 1.807) is 41.3 Å². The highest BCUT2D eigenvalue weighted by atomic mass is 19.1. The minimum Gasteiger partial charge on any atom is -0.350 e. The molecule has 134 valence electrons. The molecule has 0 radical (unpaired) electrons. The predicted molar refractivity (Wildman–Crippen MR) is 99.9 cm³/mol. The van der Waals surface area contributed by atoms with Crippen LogP contribution in [0.15, 0.2) is 48.5 Å². The SMILES string of the molecule is CCN(CC)C(=O)c1cccc(NC(=O)c2cc3c(F)cccc3[nH]2)c1. The van der Waals surface area contributed by atoms with Crippen LogP contribution in [0.5, 0.6) is 0 Å². The lowest BCUT2D eigenvalue weighted by Crippen LogP contribution is -2.30. The molecule has 0 saturated carbocycles. The van der Waals surface area contributed by atoms with Crippen molar-refractivity contribution in [2.24, 2.45) is 0 Å². The van der Waals surface area contributed by atoms with Crippen molar-refractivity contribution in [1.29, 1.82) is 0 Å². The third-order valence-electron chi connectivity index (χ3n) is 4.27. The minimum atomic E-state index is -0.395. The van der Waals surface area contributed by atoms with E-state index in [2.05, 4.69) is 10.3 Å². The summed E-state index contributed by atoms with van der Waals surface area (Å²) in [5.41, 5.74) is 1.83. The Morgan fingerprint density at radius 2 is 1.81 bits per heavy atom. The van der Waals surface area contributed by atoms with Crippen molar-refractivity contribution in [3.05, 3.63) is 65.6 Å². The van der Waals surface area contributed by atoms with Gasteiger partial charge < -0.3 is 15.2 Å². The summed E-state index contributed by atoms with van der Waals surface area (Å²) in [4.78, 5) is 29.5. The standard InChI is InChI=1S/C20H20FN3O2/c1-3-24(4-2)20(26)13-7-5-8-14(11-13)22-19(25)18-12-15-16(21)9-6-10-17(15)23-18/h5-12,23H,3-4H2,1-2H3,(H,22,25). The number of aromatic nitrogens is 1. The van der Waals surface area contributed by atoms with Gasteiger partial charge in [0.15, 0.2) is 0 Å². The van der Waals surface area contributed by atoms with E-state index >= 15 is 0 Å². The first kappa shape index (κ1) is 17.7. The molecule has 0 spiro atoms. The van der Waals surface area contributed by atoms with Gasteiger partial charge in [-0.05, 0) is 50.2 Å². The fourth-order valence-electron chi connectivity index (χ4n) is 2.86. The Labute approximate surface area is 150 Å². The topological polar surface area (TPSA) is 65.2 Å². The Kier molecular flexibility index (Phi) is 5.02. The van der Waals surface area contributed by atoms with E-state index < -0.39 is 5.91 Å². The zero-order chi connectivity index (χ0) is 18.7. The Morgan fingerprint density at radius 1 is 1.08 bits per heavy atom. The van der Waals surface area contributed by atoms with Crippen molar-refractivity contribution in [3.8, 4) is 0 Å². The maximum atomic E-state index is 13.8. The molecule has 0 aliphatic heterocycles. The highest BCUT2D eigenvalue weighted by molar-refractivity contribution is 6.06. The molecular weight excluding hydrogens is 333 g/mol. The second kappa shape index (κ2) is 7.39. The lowest BCUT2D eigenvalue weighted by atomic mass is 10.1. The Balaban J connectivity index is 1.82. The number of nitrogens with zero attached hydrogens (tertiary/aromatic N) is 1. The van der Waals surface area contributed by atoms with E-state index in [9.17, 15) is 14.0 Å². The highest BCUT2D eigenvalue weighted by Crippen LogP contribution is 2.20. The van der Waals surface area contributed by atoms with E-state index in [4.69, 9.17) is 0 Å². The zero-order valence-corrected chi connectivity index (χ0v) is 14.7. The third kappa shape index (κ3) is 3.44. The molecule has 0 unspecified atom stereocenters. The molecule has 26 heavy (non-hydrogen) atoms. The van der Waals surface area contributed by atoms with E-state index in [-0.39, 0.29) is 17.4 Å². The van der Waals surface area contributed by atoms with Gasteiger partial charge in [0.2, 0.25) is 0 Å². The molecule has 0 aliphatic carbocycles. The number of benzene rings is 2. The van der Waals surface area contributed by atoms with Crippen LogP contribution in [0.1, 0.15) is 34.7 Å². The van der Waals surface area contributed by atoms with Crippen LogP contribution in [0, 0.1) is 5.82 Å². The molecule has 0 fully saturated rings. The summed E-state index contributed by atoms with van der Waals surface area (Å²) < 4.78 is 13.8. The van der Waals surface area contributed by atoms with E-state index in [1.165, 1.54) is 12.1 Å². The van der Waals surface area contributed by atoms with Crippen LogP contribution in [0.4, 0.5) is 10.1 Å². The van der Waals surface area contributed by atoms with Gasteiger partial charge in [0.05, 0.1) is 0 Å². The van der Waals surface area contributed by atoms with Gasteiger partial charge in [-0.3, -0.25) is 9.59 Å². The molecule has 5 nitrogen and oxygen atoms in total. The summed E-state index contributed by atoms with van der Waals surface area (Å²) in [6, 6.07) is 12.9. The Bertz CT molecular complexity index is 961. The fraction of sp³-hybridized carbons (Fsp3) is 0.200. The fourth-order valence-corrected chi connectivity index (χ4v) is 2.86. The largest absolute Gasteiger partial charge is 0.350 e. The number of hydrogen-bond acceptors (Lipinski definition) is 2. The van der Waals surface area contributed by atoms with Crippen molar-refractivity contribution < 1.29 is 14.0 Å². The van der Waals surface area contributed by atoms with Gasteiger partial charge in [0.25, 0.3) is 11.8 Å². The summed E-state index contributed by atoms with van der Waals surface area (Å²) in [5.74, 6) is -0.864. The van der Waals surface area contributed by atoms with Crippen LogP contribution < -0.4 is 5.32 Å². The quantitative estimate of drug-likeness (QED) is 0.727. The second-order valence-corrected chi connectivity index (χ2v) is 5.90. The minimum absolute atomic E-state index is 0.0845. The van der Waals surface area contributed by atoms with E-state index in [1.807, 2.05) is 13.8 Å². The van der Waals surface area contributed by atoms with Crippen LogP contribution in [-0.4, -0.2) is 34.8 Å². The van der Waals surface area contributed by atoms with Crippen molar-refractivity contribution in [2.45, 2.75) is 13.8 Å². The van der Waals surface area contributed by atoms with Crippen molar-refractivity contribution in [1.82, 2.24) is 9.88 Å². The van der Waals surface area contributed by atoms with Gasteiger partial charge in [0.1, 0.15) is 11.5 Å². The number of anilines is 1. The maximum absolute atomic E-state index is 13.8.